The zero-order valence-electron chi connectivity index (χ0n) is 26.8. The second kappa shape index (κ2) is 31.0. The molecular formula is C33H70NO4P. The van der Waals surface area contributed by atoms with Crippen LogP contribution in [-0.4, -0.2) is 42.6 Å². The Labute approximate surface area is 245 Å². The van der Waals surface area contributed by atoms with E-state index >= 15 is 0 Å². The Hall–Kier alpha value is 0.0700. The molecule has 0 aliphatic carbocycles. The van der Waals surface area contributed by atoms with Crippen LogP contribution in [0.4, 0.5) is 0 Å². The first-order chi connectivity index (χ1) is 19.1. The van der Waals surface area contributed by atoms with Crippen molar-refractivity contribution in [1.82, 2.24) is 4.90 Å². The molecule has 0 amide bonds. The van der Waals surface area contributed by atoms with Crippen LogP contribution in [0.5, 0.6) is 0 Å². The minimum Gasteiger partial charge on any atom is -0.303 e. The van der Waals surface area contributed by atoms with Crippen LogP contribution in [0.3, 0.4) is 0 Å². The molecule has 1 unspecified atom stereocenters. The molecule has 1 atom stereocenters. The maximum Gasteiger partial charge on any atom is 0.472 e. The van der Waals surface area contributed by atoms with Gasteiger partial charge in [-0.15, -0.1) is 0 Å². The third-order valence-electron chi connectivity index (χ3n) is 7.78. The molecule has 0 saturated heterocycles. The van der Waals surface area contributed by atoms with Crippen LogP contribution in [0.2, 0.25) is 0 Å². The summed E-state index contributed by atoms with van der Waals surface area (Å²) < 4.78 is 22.6. The lowest BCUT2D eigenvalue weighted by molar-refractivity contribution is 0.143. The first-order valence-corrected chi connectivity index (χ1v) is 18.9. The van der Waals surface area contributed by atoms with Gasteiger partial charge in [0, 0.05) is 0 Å². The zero-order chi connectivity index (χ0) is 28.7. The van der Waals surface area contributed by atoms with Gasteiger partial charge in [0.25, 0.3) is 0 Å². The molecule has 6 heteroatoms. The van der Waals surface area contributed by atoms with Crippen molar-refractivity contribution in [3.8, 4) is 0 Å². The molecule has 0 fully saturated rings. The van der Waals surface area contributed by atoms with Gasteiger partial charge in [0.15, 0.2) is 0 Å². The molecule has 0 saturated carbocycles. The van der Waals surface area contributed by atoms with Crippen LogP contribution in [0.1, 0.15) is 181 Å². The summed E-state index contributed by atoms with van der Waals surface area (Å²) in [7, 11) is -3.91. The Kier molecular flexibility index (Phi) is 31.1. The molecule has 0 heterocycles. The van der Waals surface area contributed by atoms with Gasteiger partial charge in [-0.2, -0.15) is 0 Å². The molecule has 0 spiro atoms. The van der Waals surface area contributed by atoms with Crippen LogP contribution in [0, 0.1) is 0 Å². The molecule has 0 aromatic heterocycles. The van der Waals surface area contributed by atoms with Gasteiger partial charge in [0.2, 0.25) is 0 Å². The van der Waals surface area contributed by atoms with Gasteiger partial charge >= 0.3 is 7.82 Å². The topological polar surface area (TPSA) is 59.0 Å². The number of unbranched alkanes of at least 4 members (excludes halogenated alkanes) is 21. The van der Waals surface area contributed by atoms with E-state index in [1.807, 2.05) is 0 Å². The molecule has 0 aliphatic heterocycles. The number of hydrogen-bond donors (Lipinski definition) is 1. The maximum absolute atomic E-state index is 12.2. The van der Waals surface area contributed by atoms with E-state index < -0.39 is 7.82 Å². The van der Waals surface area contributed by atoms with Crippen LogP contribution in [0.15, 0.2) is 0 Å². The van der Waals surface area contributed by atoms with Crippen molar-refractivity contribution in [2.45, 2.75) is 181 Å². The summed E-state index contributed by atoms with van der Waals surface area (Å²) in [5.41, 5.74) is 0. The van der Waals surface area contributed by atoms with Crippen molar-refractivity contribution in [2.75, 3.05) is 32.8 Å². The van der Waals surface area contributed by atoms with E-state index in [-0.39, 0.29) is 0 Å². The van der Waals surface area contributed by atoms with Crippen molar-refractivity contribution in [3.05, 3.63) is 0 Å². The van der Waals surface area contributed by atoms with E-state index in [9.17, 15) is 9.46 Å². The minimum absolute atomic E-state index is 0.300. The quantitative estimate of drug-likeness (QED) is 0.0623. The van der Waals surface area contributed by atoms with Crippen molar-refractivity contribution in [2.24, 2.45) is 0 Å². The Morgan fingerprint density at radius 2 is 0.692 bits per heavy atom. The smallest absolute Gasteiger partial charge is 0.303 e. The van der Waals surface area contributed by atoms with Crippen LogP contribution >= 0.6 is 7.82 Å². The second-order valence-electron chi connectivity index (χ2n) is 11.8. The van der Waals surface area contributed by atoms with Gasteiger partial charge in [-0.25, -0.2) is 4.57 Å². The summed E-state index contributed by atoms with van der Waals surface area (Å²) in [6.07, 6.45) is 31.6. The summed E-state index contributed by atoms with van der Waals surface area (Å²) in [5.74, 6) is 0. The van der Waals surface area contributed by atoms with Crippen molar-refractivity contribution in [3.63, 3.8) is 0 Å². The van der Waals surface area contributed by atoms with Gasteiger partial charge in [-0.1, -0.05) is 149 Å². The molecule has 0 aromatic carbocycles. The molecule has 0 radical (unpaired) electrons. The largest absolute Gasteiger partial charge is 0.472 e. The van der Waals surface area contributed by atoms with Crippen LogP contribution < -0.4 is 0 Å². The average Bonchev–Trinajstić information content (AvgIpc) is 2.92. The fraction of sp³-hybridized carbons (Fsp3) is 1.00. The van der Waals surface area contributed by atoms with Crippen LogP contribution in [0.25, 0.3) is 0 Å². The van der Waals surface area contributed by atoms with E-state index in [0.29, 0.717) is 13.2 Å². The number of phosphoric ester groups is 1. The van der Waals surface area contributed by atoms with E-state index in [0.717, 1.165) is 32.2 Å². The summed E-state index contributed by atoms with van der Waals surface area (Å²) >= 11 is 0. The lowest BCUT2D eigenvalue weighted by Crippen LogP contribution is -2.27. The highest BCUT2D eigenvalue weighted by Gasteiger charge is 2.20. The molecule has 39 heavy (non-hydrogen) atoms. The predicted octanol–water partition coefficient (Wildman–Crippen LogP) is 11.2. The zero-order valence-corrected chi connectivity index (χ0v) is 27.7. The molecule has 0 aromatic rings. The Morgan fingerprint density at radius 1 is 0.436 bits per heavy atom. The molecule has 0 aliphatic rings. The fourth-order valence-corrected chi connectivity index (χ4v) is 5.96. The SMILES string of the molecule is CCCCCCCCCCCOP(=O)(O)OCCCCN(CCCCCCCCC)CCCCCCCCC. The molecule has 1 N–H and O–H groups in total. The van der Waals surface area contributed by atoms with E-state index in [4.69, 9.17) is 9.05 Å². The summed E-state index contributed by atoms with van der Waals surface area (Å²) in [5, 5.41) is 0. The molecule has 0 bridgehead atoms. The predicted molar refractivity (Wildman–Crippen MR) is 171 cm³/mol. The summed E-state index contributed by atoms with van der Waals surface area (Å²) in [6.45, 7) is 10.8. The van der Waals surface area contributed by atoms with Gasteiger partial charge in [0.05, 0.1) is 13.2 Å². The summed E-state index contributed by atoms with van der Waals surface area (Å²) in [4.78, 5) is 12.6. The normalized spacial score (nSPS) is 13.4. The Bertz CT molecular complexity index is 502. The van der Waals surface area contributed by atoms with E-state index in [1.54, 1.807) is 0 Å². The van der Waals surface area contributed by atoms with Crippen molar-refractivity contribution >= 4 is 7.82 Å². The second-order valence-corrected chi connectivity index (χ2v) is 13.2. The maximum atomic E-state index is 12.2. The lowest BCUT2D eigenvalue weighted by Gasteiger charge is -2.22. The lowest BCUT2D eigenvalue weighted by atomic mass is 10.1. The first-order valence-electron chi connectivity index (χ1n) is 17.4. The number of phosphoric acid groups is 1. The highest BCUT2D eigenvalue weighted by molar-refractivity contribution is 7.47. The number of rotatable bonds is 33. The average molecular weight is 576 g/mol. The highest BCUT2D eigenvalue weighted by atomic mass is 31.2. The third-order valence-corrected chi connectivity index (χ3v) is 8.80. The van der Waals surface area contributed by atoms with Crippen LogP contribution in [-0.2, 0) is 13.6 Å². The van der Waals surface area contributed by atoms with Gasteiger partial charge in [0.1, 0.15) is 0 Å². The molecular weight excluding hydrogens is 505 g/mol. The molecule has 5 nitrogen and oxygen atoms in total. The number of hydrogen-bond acceptors (Lipinski definition) is 4. The van der Waals surface area contributed by atoms with E-state index in [2.05, 4.69) is 25.7 Å². The first kappa shape index (κ1) is 39.1. The molecule has 0 rings (SSSR count). The summed E-state index contributed by atoms with van der Waals surface area (Å²) in [6, 6.07) is 0. The highest BCUT2D eigenvalue weighted by Crippen LogP contribution is 2.43. The minimum atomic E-state index is -3.91. The Morgan fingerprint density at radius 3 is 1.05 bits per heavy atom. The fourth-order valence-electron chi connectivity index (χ4n) is 5.17. The van der Waals surface area contributed by atoms with Crippen molar-refractivity contribution < 1.29 is 18.5 Å². The monoisotopic (exact) mass is 576 g/mol. The van der Waals surface area contributed by atoms with Crippen molar-refractivity contribution in [1.29, 1.82) is 0 Å². The Balaban J connectivity index is 3.98. The van der Waals surface area contributed by atoms with E-state index in [1.165, 1.54) is 148 Å². The number of nitrogens with zero attached hydrogens (tertiary/aromatic N) is 1. The third kappa shape index (κ3) is 30.8. The molecule has 236 valence electrons. The standard InChI is InChI=1S/C33H70NO4P/c1-4-7-10-13-16-17-20-23-27-32-37-39(35,36)38-33-28-26-31-34(29-24-21-18-14-11-8-5-2)30-25-22-19-15-12-9-6-3/h4-33H2,1-3H3,(H,35,36). The van der Waals surface area contributed by atoms with Gasteiger partial charge in [-0.3, -0.25) is 9.05 Å². The van der Waals surface area contributed by atoms with Gasteiger partial charge < -0.3 is 9.79 Å². The van der Waals surface area contributed by atoms with Gasteiger partial charge in [-0.05, 0) is 51.7 Å².